The van der Waals surface area contributed by atoms with E-state index in [0.29, 0.717) is 24.1 Å². The number of aromatic nitrogens is 1. The standard InChI is InChI=1S/C23H32N2O4.ClH/c1-27-21-12-10-17(16-22(21)28-2)29-15-6-4-3-5-14-24-19-8-7-9-20-18(19)11-13-23(26)25-20;/h10-13,16,19,24H,3-9,14-15H2,1-2H3,(H,25,26);1H/t19-;/m0./s1. The molecule has 166 valence electrons. The molecular weight excluding hydrogens is 404 g/mol. The zero-order valence-corrected chi connectivity index (χ0v) is 18.7. The Balaban J connectivity index is 0.00000320. The average molecular weight is 437 g/mol. The van der Waals surface area contributed by atoms with Crippen molar-refractivity contribution in [3.8, 4) is 17.2 Å². The third-order valence-electron chi connectivity index (χ3n) is 5.42. The summed E-state index contributed by atoms with van der Waals surface area (Å²) in [5.74, 6) is 2.20. The normalized spacial score (nSPS) is 15.1. The van der Waals surface area contributed by atoms with E-state index in [0.717, 1.165) is 56.5 Å². The molecule has 1 aromatic carbocycles. The van der Waals surface area contributed by atoms with Crippen molar-refractivity contribution in [2.24, 2.45) is 0 Å². The SMILES string of the molecule is COc1ccc(OCCCCCCN[C@H]2CCCc3[nH]c(=O)ccc32)cc1OC.Cl. The predicted molar refractivity (Wildman–Crippen MR) is 122 cm³/mol. The largest absolute Gasteiger partial charge is 0.493 e. The third-order valence-corrected chi connectivity index (χ3v) is 5.42. The van der Waals surface area contributed by atoms with E-state index in [1.54, 1.807) is 20.3 Å². The molecule has 0 radical (unpaired) electrons. The highest BCUT2D eigenvalue weighted by Crippen LogP contribution is 2.31. The van der Waals surface area contributed by atoms with Gasteiger partial charge in [-0.05, 0) is 56.3 Å². The monoisotopic (exact) mass is 436 g/mol. The molecule has 0 bridgehead atoms. The van der Waals surface area contributed by atoms with Crippen LogP contribution in [-0.4, -0.2) is 32.4 Å². The number of H-pyrrole nitrogens is 1. The topological polar surface area (TPSA) is 72.6 Å². The molecule has 1 aromatic heterocycles. The van der Waals surface area contributed by atoms with E-state index in [2.05, 4.69) is 10.3 Å². The minimum atomic E-state index is -0.000275. The number of ether oxygens (including phenoxy) is 3. The molecule has 0 fully saturated rings. The number of pyridine rings is 1. The molecule has 1 atom stereocenters. The lowest BCUT2D eigenvalue weighted by molar-refractivity contribution is 0.299. The van der Waals surface area contributed by atoms with Crippen molar-refractivity contribution in [1.29, 1.82) is 0 Å². The van der Waals surface area contributed by atoms with Crippen molar-refractivity contribution in [3.05, 3.63) is 51.9 Å². The maximum absolute atomic E-state index is 11.5. The molecule has 0 saturated heterocycles. The number of nitrogens with one attached hydrogen (secondary N) is 2. The van der Waals surface area contributed by atoms with Crippen LogP contribution in [0.5, 0.6) is 17.2 Å². The molecule has 0 spiro atoms. The summed E-state index contributed by atoms with van der Waals surface area (Å²) in [5, 5.41) is 3.66. The average Bonchev–Trinajstić information content (AvgIpc) is 2.75. The Bertz CT molecular complexity index is 840. The summed E-state index contributed by atoms with van der Waals surface area (Å²) < 4.78 is 16.4. The zero-order valence-electron chi connectivity index (χ0n) is 17.9. The van der Waals surface area contributed by atoms with Crippen molar-refractivity contribution < 1.29 is 14.2 Å². The molecule has 0 aliphatic heterocycles. The van der Waals surface area contributed by atoms with Gasteiger partial charge in [0.15, 0.2) is 11.5 Å². The van der Waals surface area contributed by atoms with E-state index in [-0.39, 0.29) is 18.0 Å². The lowest BCUT2D eigenvalue weighted by atomic mass is 9.91. The smallest absolute Gasteiger partial charge is 0.248 e. The molecular formula is C23H33ClN2O4. The van der Waals surface area contributed by atoms with Gasteiger partial charge >= 0.3 is 0 Å². The lowest BCUT2D eigenvalue weighted by Crippen LogP contribution is -2.28. The second-order valence-corrected chi connectivity index (χ2v) is 7.43. The molecule has 2 N–H and O–H groups in total. The Labute approximate surface area is 184 Å². The van der Waals surface area contributed by atoms with Gasteiger partial charge < -0.3 is 24.5 Å². The van der Waals surface area contributed by atoms with Crippen molar-refractivity contribution in [3.63, 3.8) is 0 Å². The summed E-state index contributed by atoms with van der Waals surface area (Å²) in [5.41, 5.74) is 2.37. The van der Waals surface area contributed by atoms with Crippen molar-refractivity contribution in [2.75, 3.05) is 27.4 Å². The van der Waals surface area contributed by atoms with E-state index in [1.807, 2.05) is 24.3 Å². The van der Waals surface area contributed by atoms with Crippen LogP contribution >= 0.6 is 12.4 Å². The number of methoxy groups -OCH3 is 2. The van der Waals surface area contributed by atoms with Crippen LogP contribution in [0.25, 0.3) is 0 Å². The zero-order chi connectivity index (χ0) is 20.5. The van der Waals surface area contributed by atoms with Crippen LogP contribution in [-0.2, 0) is 6.42 Å². The molecule has 6 nitrogen and oxygen atoms in total. The number of unbranched alkanes of at least 4 members (excludes halogenated alkanes) is 3. The molecule has 0 unspecified atom stereocenters. The molecule has 30 heavy (non-hydrogen) atoms. The fraction of sp³-hybridized carbons (Fsp3) is 0.522. The van der Waals surface area contributed by atoms with E-state index in [1.165, 1.54) is 12.0 Å². The second kappa shape index (κ2) is 12.5. The molecule has 0 saturated carbocycles. The fourth-order valence-corrected chi connectivity index (χ4v) is 3.87. The predicted octanol–water partition coefficient (Wildman–Crippen LogP) is 4.42. The third kappa shape index (κ3) is 6.67. The van der Waals surface area contributed by atoms with Crippen LogP contribution in [0.1, 0.15) is 55.8 Å². The number of rotatable bonds is 11. The first-order valence-corrected chi connectivity index (χ1v) is 10.5. The molecule has 1 heterocycles. The van der Waals surface area contributed by atoms with Gasteiger partial charge in [-0.15, -0.1) is 12.4 Å². The number of hydrogen-bond acceptors (Lipinski definition) is 5. The number of aromatic amines is 1. The van der Waals surface area contributed by atoms with Crippen LogP contribution in [0.2, 0.25) is 0 Å². The van der Waals surface area contributed by atoms with Crippen LogP contribution in [0, 0.1) is 0 Å². The van der Waals surface area contributed by atoms with Gasteiger partial charge in [0.1, 0.15) is 5.75 Å². The first-order valence-electron chi connectivity index (χ1n) is 10.5. The van der Waals surface area contributed by atoms with Crippen molar-refractivity contribution in [1.82, 2.24) is 10.3 Å². The minimum absolute atomic E-state index is 0. The summed E-state index contributed by atoms with van der Waals surface area (Å²) in [6, 6.07) is 9.61. The highest BCUT2D eigenvalue weighted by atomic mass is 35.5. The maximum atomic E-state index is 11.5. The van der Waals surface area contributed by atoms with E-state index in [4.69, 9.17) is 14.2 Å². The van der Waals surface area contributed by atoms with Crippen LogP contribution in [0.15, 0.2) is 35.1 Å². The fourth-order valence-electron chi connectivity index (χ4n) is 3.87. The highest BCUT2D eigenvalue weighted by Gasteiger charge is 2.19. The highest BCUT2D eigenvalue weighted by molar-refractivity contribution is 5.85. The van der Waals surface area contributed by atoms with Crippen molar-refractivity contribution in [2.45, 2.75) is 51.0 Å². The van der Waals surface area contributed by atoms with Crippen LogP contribution in [0.4, 0.5) is 0 Å². The van der Waals surface area contributed by atoms with Gasteiger partial charge in [-0.25, -0.2) is 0 Å². The first-order chi connectivity index (χ1) is 14.2. The number of fused-ring (bicyclic) bond motifs is 1. The number of halogens is 1. The van der Waals surface area contributed by atoms with Gasteiger partial charge in [-0.2, -0.15) is 0 Å². The summed E-state index contributed by atoms with van der Waals surface area (Å²) >= 11 is 0. The number of hydrogen-bond donors (Lipinski definition) is 2. The van der Waals surface area contributed by atoms with Gasteiger partial charge in [0.2, 0.25) is 5.56 Å². The van der Waals surface area contributed by atoms with E-state index in [9.17, 15) is 4.79 Å². The van der Waals surface area contributed by atoms with Gasteiger partial charge in [0, 0.05) is 23.9 Å². The molecule has 1 aliphatic rings. The summed E-state index contributed by atoms with van der Waals surface area (Å²) in [6.07, 6.45) is 7.73. The summed E-state index contributed by atoms with van der Waals surface area (Å²) in [7, 11) is 3.25. The van der Waals surface area contributed by atoms with Gasteiger partial charge in [0.25, 0.3) is 0 Å². The summed E-state index contributed by atoms with van der Waals surface area (Å²) in [6.45, 7) is 1.70. The molecule has 7 heteroatoms. The van der Waals surface area contributed by atoms with E-state index >= 15 is 0 Å². The van der Waals surface area contributed by atoms with E-state index < -0.39 is 0 Å². The van der Waals surface area contributed by atoms with Gasteiger partial charge in [-0.3, -0.25) is 4.79 Å². The quantitative estimate of drug-likeness (QED) is 0.510. The summed E-state index contributed by atoms with van der Waals surface area (Å²) in [4.78, 5) is 14.5. The maximum Gasteiger partial charge on any atom is 0.248 e. The first kappa shape index (κ1) is 24.1. The molecule has 1 aliphatic carbocycles. The molecule has 3 rings (SSSR count). The Morgan fingerprint density at radius 3 is 2.63 bits per heavy atom. The Morgan fingerprint density at radius 1 is 1.03 bits per heavy atom. The second-order valence-electron chi connectivity index (χ2n) is 7.43. The minimum Gasteiger partial charge on any atom is -0.493 e. The Morgan fingerprint density at radius 2 is 1.83 bits per heavy atom. The van der Waals surface area contributed by atoms with Crippen LogP contribution in [0.3, 0.4) is 0 Å². The van der Waals surface area contributed by atoms with Gasteiger partial charge in [-0.1, -0.05) is 18.9 Å². The Hall–Kier alpha value is -2.18. The van der Waals surface area contributed by atoms with Crippen LogP contribution < -0.4 is 25.1 Å². The number of aryl methyl sites for hydroxylation is 1. The van der Waals surface area contributed by atoms with Gasteiger partial charge in [0.05, 0.1) is 20.8 Å². The number of benzene rings is 1. The molecule has 2 aromatic rings. The molecule has 0 amide bonds. The Kier molecular flexibility index (Phi) is 10.0. The lowest BCUT2D eigenvalue weighted by Gasteiger charge is -2.26. The van der Waals surface area contributed by atoms with Crippen molar-refractivity contribution >= 4 is 12.4 Å².